The summed E-state index contributed by atoms with van der Waals surface area (Å²) in [5, 5.41) is 20.3. The molecule has 50 heavy (non-hydrogen) atoms. The van der Waals surface area contributed by atoms with Crippen LogP contribution in [0.2, 0.25) is 0 Å². The van der Waals surface area contributed by atoms with Crippen LogP contribution in [-0.2, 0) is 36.6 Å². The molecule has 0 spiro atoms. The predicted molar refractivity (Wildman–Crippen MR) is 173 cm³/mol. The number of hydrogen-bond donors (Lipinski definition) is 5. The van der Waals surface area contributed by atoms with E-state index in [1.54, 1.807) is 30.3 Å². The molecule has 2 aromatic rings. The number of amides is 6. The van der Waals surface area contributed by atoms with Crippen molar-refractivity contribution in [3.05, 3.63) is 71.3 Å². The van der Waals surface area contributed by atoms with Crippen LogP contribution in [0.5, 0.6) is 0 Å². The van der Waals surface area contributed by atoms with Crippen LogP contribution in [-0.4, -0.2) is 107 Å². The number of likely N-dealkylation sites (N-methyl/N-ethyl adjacent to an activating group) is 1. The number of alkyl halides is 3. The zero-order chi connectivity index (χ0) is 36.7. The zero-order valence-electron chi connectivity index (χ0n) is 27.8. The normalized spacial score (nSPS) is 24.2. The summed E-state index contributed by atoms with van der Waals surface area (Å²) in [4.78, 5) is 83.2. The van der Waals surface area contributed by atoms with Crippen LogP contribution < -0.4 is 21.3 Å². The molecule has 2 aliphatic rings. The van der Waals surface area contributed by atoms with E-state index in [0.717, 1.165) is 28.0 Å². The minimum atomic E-state index is -4.83. The average molecular weight is 703 g/mol. The van der Waals surface area contributed by atoms with E-state index in [2.05, 4.69) is 21.3 Å². The Bertz CT molecular complexity index is 1590. The van der Waals surface area contributed by atoms with Gasteiger partial charge in [0, 0.05) is 26.1 Å². The van der Waals surface area contributed by atoms with Crippen molar-refractivity contribution in [2.24, 2.45) is 5.92 Å². The summed E-state index contributed by atoms with van der Waals surface area (Å²) < 4.78 is 41.1. The maximum atomic E-state index is 14.4. The molecule has 2 fully saturated rings. The van der Waals surface area contributed by atoms with Gasteiger partial charge in [-0.15, -0.1) is 0 Å². The Hall–Kier alpha value is -4.99. The highest BCUT2D eigenvalue weighted by Crippen LogP contribution is 2.32. The number of halogens is 3. The van der Waals surface area contributed by atoms with Crippen LogP contribution >= 0.6 is 0 Å². The minimum Gasteiger partial charge on any atom is -0.394 e. The second-order valence-corrected chi connectivity index (χ2v) is 12.9. The van der Waals surface area contributed by atoms with Gasteiger partial charge >= 0.3 is 6.18 Å². The van der Waals surface area contributed by atoms with Crippen LogP contribution in [0.1, 0.15) is 48.2 Å². The third-order valence-electron chi connectivity index (χ3n) is 8.51. The van der Waals surface area contributed by atoms with E-state index in [9.17, 15) is 47.0 Å². The van der Waals surface area contributed by atoms with Gasteiger partial charge in [-0.25, -0.2) is 0 Å². The molecule has 2 aliphatic heterocycles. The van der Waals surface area contributed by atoms with Crippen molar-refractivity contribution in [2.75, 3.05) is 26.7 Å². The van der Waals surface area contributed by atoms with Gasteiger partial charge in [-0.3, -0.25) is 28.8 Å². The predicted octanol–water partition coefficient (Wildman–Crippen LogP) is 0.612. The lowest BCUT2D eigenvalue weighted by Gasteiger charge is -2.30. The maximum absolute atomic E-state index is 14.4. The van der Waals surface area contributed by atoms with Crippen molar-refractivity contribution in [3.8, 4) is 0 Å². The highest BCUT2D eigenvalue weighted by Gasteiger charge is 2.45. The number of aliphatic hydroxyl groups is 1. The molecule has 13 nitrogen and oxygen atoms in total. The van der Waals surface area contributed by atoms with Crippen LogP contribution in [0.3, 0.4) is 0 Å². The number of nitrogens with zero attached hydrogens (tertiary/aromatic N) is 2. The second kappa shape index (κ2) is 16.1. The monoisotopic (exact) mass is 702 g/mol. The first-order chi connectivity index (χ1) is 23.6. The van der Waals surface area contributed by atoms with Gasteiger partial charge in [-0.1, -0.05) is 56.3 Å². The fraction of sp³-hybridized carbons (Fsp3) is 0.471. The number of hydrogen-bond acceptors (Lipinski definition) is 7. The zero-order valence-corrected chi connectivity index (χ0v) is 27.8. The molecule has 270 valence electrons. The number of rotatable bonds is 7. The Morgan fingerprint density at radius 1 is 0.900 bits per heavy atom. The maximum Gasteiger partial charge on any atom is 0.417 e. The molecule has 0 radical (unpaired) electrons. The molecule has 0 aliphatic carbocycles. The Morgan fingerprint density at radius 3 is 2.18 bits per heavy atom. The molecule has 6 amide bonds. The van der Waals surface area contributed by atoms with E-state index in [1.807, 2.05) is 13.8 Å². The van der Waals surface area contributed by atoms with Crippen molar-refractivity contribution >= 4 is 35.4 Å². The molecule has 5 atom stereocenters. The van der Waals surface area contributed by atoms with Gasteiger partial charge in [0.15, 0.2) is 0 Å². The molecule has 0 unspecified atom stereocenters. The molecular weight excluding hydrogens is 661 g/mol. The van der Waals surface area contributed by atoms with Crippen LogP contribution in [0, 0.1) is 5.92 Å². The summed E-state index contributed by atoms with van der Waals surface area (Å²) in [6.45, 7) is 1.95. The van der Waals surface area contributed by atoms with Gasteiger partial charge in [0.1, 0.15) is 24.2 Å². The highest BCUT2D eigenvalue weighted by atomic mass is 19.4. The Morgan fingerprint density at radius 2 is 1.54 bits per heavy atom. The number of fused-ring (bicyclic) bond motifs is 1. The van der Waals surface area contributed by atoms with E-state index < -0.39 is 96.1 Å². The molecular formula is C34H41F3N6O7. The van der Waals surface area contributed by atoms with Gasteiger partial charge in [0.25, 0.3) is 5.91 Å². The Balaban J connectivity index is 1.73. The van der Waals surface area contributed by atoms with E-state index in [0.29, 0.717) is 5.56 Å². The topological polar surface area (TPSA) is 177 Å². The van der Waals surface area contributed by atoms with Crippen LogP contribution in [0.25, 0.3) is 0 Å². The van der Waals surface area contributed by atoms with Crippen molar-refractivity contribution in [1.82, 2.24) is 31.1 Å². The molecule has 5 N–H and O–H groups in total. The first kappa shape index (κ1) is 37.8. The lowest BCUT2D eigenvalue weighted by Crippen LogP contribution is -2.58. The third-order valence-corrected chi connectivity index (χ3v) is 8.51. The molecule has 0 saturated carbocycles. The van der Waals surface area contributed by atoms with Crippen molar-refractivity contribution in [1.29, 1.82) is 0 Å². The minimum absolute atomic E-state index is 0.0327. The van der Waals surface area contributed by atoms with Gasteiger partial charge in [0.2, 0.25) is 29.5 Å². The lowest BCUT2D eigenvalue weighted by molar-refractivity contribution is -0.143. The van der Waals surface area contributed by atoms with E-state index in [-0.39, 0.29) is 31.7 Å². The smallest absolute Gasteiger partial charge is 0.394 e. The van der Waals surface area contributed by atoms with Gasteiger partial charge in [-0.05, 0) is 36.5 Å². The van der Waals surface area contributed by atoms with Crippen LogP contribution in [0.4, 0.5) is 13.2 Å². The first-order valence-electron chi connectivity index (χ1n) is 16.2. The van der Waals surface area contributed by atoms with Crippen molar-refractivity contribution < 1.29 is 47.0 Å². The van der Waals surface area contributed by atoms with E-state index >= 15 is 0 Å². The first-order valence-corrected chi connectivity index (χ1v) is 16.2. The SMILES string of the molecule is CC(C)C[C@@H]1NC(=O)CN(C)C(=O)[C@H](CO)NC(=O)[C@@H]2C[C@H](NC(=O)c3ccccc3C(F)(F)F)CN2C(=O)[C@H](Cc2ccccc2)NC1=O. The van der Waals surface area contributed by atoms with E-state index in [4.69, 9.17) is 0 Å². The lowest BCUT2D eigenvalue weighted by atomic mass is 10.0. The number of carbonyl (C=O) groups is 6. The molecule has 0 aromatic heterocycles. The number of aliphatic hydroxyl groups excluding tert-OH is 1. The molecule has 4 rings (SSSR count). The fourth-order valence-corrected chi connectivity index (χ4v) is 6.10. The quantitative estimate of drug-likeness (QED) is 0.281. The average Bonchev–Trinajstić information content (AvgIpc) is 3.49. The van der Waals surface area contributed by atoms with Crippen LogP contribution in [0.15, 0.2) is 54.6 Å². The molecule has 2 aromatic carbocycles. The summed E-state index contributed by atoms with van der Waals surface area (Å²) in [6.07, 6.45) is -4.94. The number of nitrogens with one attached hydrogen (secondary N) is 4. The van der Waals surface area contributed by atoms with Gasteiger partial charge in [-0.2, -0.15) is 13.2 Å². The van der Waals surface area contributed by atoms with Gasteiger partial charge in [0.05, 0.1) is 24.3 Å². The highest BCUT2D eigenvalue weighted by molar-refractivity contribution is 5.99. The summed E-state index contributed by atoms with van der Waals surface area (Å²) in [6, 6.07) is 6.56. The summed E-state index contributed by atoms with van der Waals surface area (Å²) in [5.74, 6) is -5.00. The van der Waals surface area contributed by atoms with Crippen molar-refractivity contribution in [2.45, 2.75) is 69.5 Å². The second-order valence-electron chi connectivity index (χ2n) is 12.9. The molecule has 0 bridgehead atoms. The molecule has 2 saturated heterocycles. The summed E-state index contributed by atoms with van der Waals surface area (Å²) in [5.41, 5.74) is -1.17. The fourth-order valence-electron chi connectivity index (χ4n) is 6.10. The molecule has 2 heterocycles. The Labute approximate surface area is 286 Å². The third kappa shape index (κ3) is 9.37. The summed E-state index contributed by atoms with van der Waals surface area (Å²) >= 11 is 0. The largest absolute Gasteiger partial charge is 0.417 e. The number of carbonyl (C=O) groups excluding carboxylic acids is 6. The van der Waals surface area contributed by atoms with Gasteiger partial charge < -0.3 is 36.2 Å². The number of benzene rings is 2. The molecule has 16 heteroatoms. The Kier molecular flexibility index (Phi) is 12.2. The van der Waals surface area contributed by atoms with E-state index in [1.165, 1.54) is 13.1 Å². The summed E-state index contributed by atoms with van der Waals surface area (Å²) in [7, 11) is 1.28. The standard InChI is InChI=1S/C34H41F3N6O7/c1-19(2)13-24-30(47)40-25(14-20-9-5-4-6-10-20)33(50)43-16-21(38-29(46)22-11-7-8-12-23(22)34(35,36)37)15-27(43)31(48)41-26(18-44)32(49)42(3)17-28(45)39-24/h4-12,19,21,24-27,44H,13-18H2,1-3H3,(H,38,46)(H,39,45)(H,40,47)(H,41,48)/t21-,24-,25-,26-,27-/m0/s1. The van der Waals surface area contributed by atoms with Crippen molar-refractivity contribution in [3.63, 3.8) is 0 Å².